The molecule has 0 saturated carbocycles. The lowest BCUT2D eigenvalue weighted by Gasteiger charge is -2.15. The number of alkyl halides is 3. The molecule has 1 aliphatic rings. The van der Waals surface area contributed by atoms with Crippen LogP contribution in [0.1, 0.15) is 12.0 Å². The van der Waals surface area contributed by atoms with E-state index in [4.69, 9.17) is 5.73 Å². The van der Waals surface area contributed by atoms with Crippen molar-refractivity contribution in [3.05, 3.63) is 29.8 Å². The molecule has 0 aliphatic carbocycles. The third-order valence-electron chi connectivity index (χ3n) is 3.69. The number of benzene rings is 1. The summed E-state index contributed by atoms with van der Waals surface area (Å²) in [5.74, 6) is -1.12. The monoisotopic (exact) mass is 345 g/mol. The molecule has 1 fully saturated rings. The highest BCUT2D eigenvalue weighted by Gasteiger charge is 2.31. The molecule has 0 radical (unpaired) electrons. The zero-order chi connectivity index (χ0) is 17.7. The molecule has 3 N–H and O–H groups in total. The predicted molar refractivity (Wildman–Crippen MR) is 78.7 cm³/mol. The number of hydrogen-bond acceptors (Lipinski definition) is 4. The minimum absolute atomic E-state index is 0.152. The number of rotatable bonds is 6. The molecule has 6 nitrogen and oxygen atoms in total. The second-order valence-electron chi connectivity index (χ2n) is 5.59. The van der Waals surface area contributed by atoms with Gasteiger partial charge in [-0.1, -0.05) is 12.1 Å². The van der Waals surface area contributed by atoms with Crippen molar-refractivity contribution >= 4 is 11.8 Å². The Morgan fingerprint density at radius 3 is 2.50 bits per heavy atom. The SMILES string of the molecule is NC(=O)[C@H]1CCN(CC(=O)NCc2ccc(OC(F)(F)F)cc2)C1. The molecule has 1 atom stereocenters. The van der Waals surface area contributed by atoms with Gasteiger partial charge in [0.2, 0.25) is 11.8 Å². The summed E-state index contributed by atoms with van der Waals surface area (Å²) in [6.07, 6.45) is -4.09. The van der Waals surface area contributed by atoms with Gasteiger partial charge in [0.25, 0.3) is 0 Å². The lowest BCUT2D eigenvalue weighted by molar-refractivity contribution is -0.274. The fourth-order valence-electron chi connectivity index (χ4n) is 2.48. The Morgan fingerprint density at radius 2 is 1.96 bits per heavy atom. The minimum atomic E-state index is -4.73. The van der Waals surface area contributed by atoms with Crippen LogP contribution in [0.2, 0.25) is 0 Å². The largest absolute Gasteiger partial charge is 0.573 e. The molecule has 1 aromatic carbocycles. The van der Waals surface area contributed by atoms with E-state index in [1.54, 1.807) is 0 Å². The zero-order valence-electron chi connectivity index (χ0n) is 12.8. The number of carbonyl (C=O) groups is 2. The van der Waals surface area contributed by atoms with E-state index in [1.807, 2.05) is 4.90 Å². The molecule has 1 aliphatic heterocycles. The first kappa shape index (κ1) is 18.1. The van der Waals surface area contributed by atoms with Crippen molar-refractivity contribution in [1.82, 2.24) is 10.2 Å². The van der Waals surface area contributed by atoms with Crippen LogP contribution in [0.4, 0.5) is 13.2 Å². The molecule has 1 aromatic rings. The van der Waals surface area contributed by atoms with E-state index < -0.39 is 6.36 Å². The maximum atomic E-state index is 12.1. The Kier molecular flexibility index (Phi) is 5.66. The lowest BCUT2D eigenvalue weighted by Crippen LogP contribution is -2.36. The lowest BCUT2D eigenvalue weighted by atomic mass is 10.1. The summed E-state index contributed by atoms with van der Waals surface area (Å²) >= 11 is 0. The quantitative estimate of drug-likeness (QED) is 0.806. The number of nitrogens with two attached hydrogens (primary N) is 1. The number of ether oxygens (including phenoxy) is 1. The van der Waals surface area contributed by atoms with E-state index in [-0.39, 0.29) is 36.6 Å². The van der Waals surface area contributed by atoms with Crippen molar-refractivity contribution in [3.63, 3.8) is 0 Å². The maximum Gasteiger partial charge on any atom is 0.573 e. The van der Waals surface area contributed by atoms with Crippen LogP contribution >= 0.6 is 0 Å². The van der Waals surface area contributed by atoms with Crippen LogP contribution in [0.25, 0.3) is 0 Å². The highest BCUT2D eigenvalue weighted by molar-refractivity contribution is 5.79. The average Bonchev–Trinajstić information content (AvgIpc) is 2.93. The number of nitrogens with zero attached hydrogens (tertiary/aromatic N) is 1. The molecule has 0 spiro atoms. The molecule has 24 heavy (non-hydrogen) atoms. The Balaban J connectivity index is 1.75. The van der Waals surface area contributed by atoms with Crippen molar-refractivity contribution in [2.24, 2.45) is 11.7 Å². The first-order valence-corrected chi connectivity index (χ1v) is 7.36. The summed E-state index contributed by atoms with van der Waals surface area (Å²) in [5, 5.41) is 2.68. The number of amides is 2. The molecule has 0 bridgehead atoms. The number of carbonyl (C=O) groups excluding carboxylic acids is 2. The molecular weight excluding hydrogens is 327 g/mol. The van der Waals surface area contributed by atoms with E-state index in [2.05, 4.69) is 10.1 Å². The topological polar surface area (TPSA) is 84.7 Å². The average molecular weight is 345 g/mol. The second kappa shape index (κ2) is 7.52. The minimum Gasteiger partial charge on any atom is -0.406 e. The van der Waals surface area contributed by atoms with Crippen molar-refractivity contribution in [2.75, 3.05) is 19.6 Å². The number of halogens is 3. The van der Waals surface area contributed by atoms with Gasteiger partial charge < -0.3 is 15.8 Å². The molecule has 9 heteroatoms. The van der Waals surface area contributed by atoms with Crippen LogP contribution < -0.4 is 15.8 Å². The van der Waals surface area contributed by atoms with E-state index in [0.29, 0.717) is 25.1 Å². The molecule has 2 rings (SSSR count). The highest BCUT2D eigenvalue weighted by atomic mass is 19.4. The number of hydrogen-bond donors (Lipinski definition) is 2. The fourth-order valence-corrected chi connectivity index (χ4v) is 2.48. The maximum absolute atomic E-state index is 12.1. The summed E-state index contributed by atoms with van der Waals surface area (Å²) in [6, 6.07) is 5.26. The van der Waals surface area contributed by atoms with Gasteiger partial charge in [0.05, 0.1) is 12.5 Å². The van der Waals surface area contributed by atoms with Crippen molar-refractivity contribution < 1.29 is 27.5 Å². The molecule has 0 unspecified atom stereocenters. The van der Waals surface area contributed by atoms with Gasteiger partial charge in [-0.3, -0.25) is 14.5 Å². The predicted octanol–water partition coefficient (Wildman–Crippen LogP) is 1.01. The molecule has 1 saturated heterocycles. The van der Waals surface area contributed by atoms with Gasteiger partial charge in [0, 0.05) is 13.1 Å². The third kappa shape index (κ3) is 5.73. The summed E-state index contributed by atoms with van der Waals surface area (Å²) in [6.45, 7) is 1.44. The Morgan fingerprint density at radius 1 is 1.29 bits per heavy atom. The highest BCUT2D eigenvalue weighted by Crippen LogP contribution is 2.22. The van der Waals surface area contributed by atoms with E-state index in [1.165, 1.54) is 24.3 Å². The van der Waals surface area contributed by atoms with Gasteiger partial charge in [0.1, 0.15) is 5.75 Å². The van der Waals surface area contributed by atoms with Crippen LogP contribution in [0.15, 0.2) is 24.3 Å². The van der Waals surface area contributed by atoms with E-state index in [0.717, 1.165) is 0 Å². The van der Waals surface area contributed by atoms with Gasteiger partial charge in [-0.2, -0.15) is 0 Å². The Labute approximate surface area is 136 Å². The first-order valence-electron chi connectivity index (χ1n) is 7.36. The summed E-state index contributed by atoms with van der Waals surface area (Å²) in [5.41, 5.74) is 5.88. The van der Waals surface area contributed by atoms with Gasteiger partial charge >= 0.3 is 6.36 Å². The van der Waals surface area contributed by atoms with Crippen molar-refractivity contribution in [1.29, 1.82) is 0 Å². The van der Waals surface area contributed by atoms with Crippen LogP contribution in [-0.2, 0) is 16.1 Å². The molecule has 0 aromatic heterocycles. The van der Waals surface area contributed by atoms with E-state index in [9.17, 15) is 22.8 Å². The number of likely N-dealkylation sites (tertiary alicyclic amines) is 1. The van der Waals surface area contributed by atoms with Crippen LogP contribution in [0, 0.1) is 5.92 Å². The molecule has 2 amide bonds. The smallest absolute Gasteiger partial charge is 0.406 e. The summed E-state index contributed by atoms with van der Waals surface area (Å²) < 4.78 is 39.9. The van der Waals surface area contributed by atoms with Gasteiger partial charge in [-0.05, 0) is 30.7 Å². The number of primary amides is 1. The van der Waals surface area contributed by atoms with Crippen molar-refractivity contribution in [3.8, 4) is 5.75 Å². The zero-order valence-corrected chi connectivity index (χ0v) is 12.8. The second-order valence-corrected chi connectivity index (χ2v) is 5.59. The van der Waals surface area contributed by atoms with Crippen LogP contribution in [0.3, 0.4) is 0 Å². The summed E-state index contributed by atoms with van der Waals surface area (Å²) in [4.78, 5) is 24.8. The Hall–Kier alpha value is -2.29. The third-order valence-corrected chi connectivity index (χ3v) is 3.69. The van der Waals surface area contributed by atoms with Gasteiger partial charge in [-0.25, -0.2) is 0 Å². The number of nitrogens with one attached hydrogen (secondary N) is 1. The summed E-state index contributed by atoms with van der Waals surface area (Å²) in [7, 11) is 0. The van der Waals surface area contributed by atoms with E-state index >= 15 is 0 Å². The van der Waals surface area contributed by atoms with Gasteiger partial charge in [0.15, 0.2) is 0 Å². The molecular formula is C15H18F3N3O3. The van der Waals surface area contributed by atoms with Crippen molar-refractivity contribution in [2.45, 2.75) is 19.3 Å². The molecule has 132 valence electrons. The van der Waals surface area contributed by atoms with Crippen LogP contribution in [-0.4, -0.2) is 42.7 Å². The Bertz CT molecular complexity index is 590. The fraction of sp³-hybridized carbons (Fsp3) is 0.467. The standard InChI is InChI=1S/C15H18F3N3O3/c16-15(17,18)24-12-3-1-10(2-4-12)7-20-13(22)9-21-6-5-11(8-21)14(19)23/h1-4,11H,5-9H2,(H2,19,23)(H,20,22)/t11-/m0/s1. The van der Waals surface area contributed by atoms with Crippen LogP contribution in [0.5, 0.6) is 5.75 Å². The normalized spacial score (nSPS) is 18.4. The van der Waals surface area contributed by atoms with Gasteiger partial charge in [-0.15, -0.1) is 13.2 Å². The first-order chi connectivity index (χ1) is 11.2. The molecule has 1 heterocycles.